The summed E-state index contributed by atoms with van der Waals surface area (Å²) in [5, 5.41) is 0. The Morgan fingerprint density at radius 3 is 2.08 bits per heavy atom. The van der Waals surface area contributed by atoms with Crippen LogP contribution in [-0.2, 0) is 6.54 Å². The van der Waals surface area contributed by atoms with Gasteiger partial charge in [-0.05, 0) is 68.7 Å². The van der Waals surface area contributed by atoms with E-state index >= 15 is 0 Å². The molecule has 3 atom stereocenters. The topological polar surface area (TPSA) is 26.8 Å². The van der Waals surface area contributed by atoms with Crippen LogP contribution in [-0.4, -0.2) is 58.9 Å². The highest BCUT2D eigenvalue weighted by molar-refractivity contribution is 5.94. The lowest BCUT2D eigenvalue weighted by molar-refractivity contribution is 0.0195. The number of hydrogen-bond donors (Lipinski definition) is 0. The lowest BCUT2D eigenvalue weighted by Gasteiger charge is -2.47. The van der Waals surface area contributed by atoms with Crippen molar-refractivity contribution in [2.45, 2.75) is 52.4 Å². The smallest absolute Gasteiger partial charge is 0.253 e. The molecule has 1 amide bonds. The second-order valence-electron chi connectivity index (χ2n) is 9.86. The Bertz CT molecular complexity index is 1110. The van der Waals surface area contributed by atoms with Crippen molar-refractivity contribution >= 4 is 5.91 Å². The average Bonchev–Trinajstić information content (AvgIpc) is 2.90. The van der Waals surface area contributed by atoms with Crippen LogP contribution in [0.3, 0.4) is 0 Å². The van der Waals surface area contributed by atoms with Crippen molar-refractivity contribution < 1.29 is 9.18 Å². The highest BCUT2D eigenvalue weighted by atomic mass is 19.1. The minimum absolute atomic E-state index is 0.0826. The number of halogens is 1. The number of carbonyl (C=O) groups is 1. The summed E-state index contributed by atoms with van der Waals surface area (Å²) in [6.07, 6.45) is 0. The van der Waals surface area contributed by atoms with Crippen LogP contribution in [0.25, 0.3) is 0 Å². The van der Waals surface area contributed by atoms with Crippen LogP contribution in [0.5, 0.6) is 0 Å². The Morgan fingerprint density at radius 1 is 0.861 bits per heavy atom. The molecule has 3 unspecified atom stereocenters. The van der Waals surface area contributed by atoms with Crippen molar-refractivity contribution in [2.75, 3.05) is 26.2 Å². The van der Waals surface area contributed by atoms with Crippen LogP contribution in [0.2, 0.25) is 0 Å². The van der Waals surface area contributed by atoms with Gasteiger partial charge in [0.25, 0.3) is 5.91 Å². The third-order valence-electron chi connectivity index (χ3n) is 7.43. The summed E-state index contributed by atoms with van der Waals surface area (Å²) >= 11 is 0. The summed E-state index contributed by atoms with van der Waals surface area (Å²) in [5.74, 6) is -0.111. The molecule has 4 rings (SSSR count). The van der Waals surface area contributed by atoms with E-state index in [-0.39, 0.29) is 17.8 Å². The zero-order valence-corrected chi connectivity index (χ0v) is 21.9. The molecule has 1 aliphatic heterocycles. The number of nitrogens with zero attached hydrogens (tertiary/aromatic N) is 3. The van der Waals surface area contributed by atoms with Crippen LogP contribution in [0.15, 0.2) is 78.9 Å². The van der Waals surface area contributed by atoms with Crippen molar-refractivity contribution in [3.8, 4) is 0 Å². The molecule has 190 valence electrons. The summed E-state index contributed by atoms with van der Waals surface area (Å²) in [7, 11) is 0. The second-order valence-corrected chi connectivity index (χ2v) is 9.86. The van der Waals surface area contributed by atoms with Gasteiger partial charge in [-0.2, -0.15) is 0 Å². The van der Waals surface area contributed by atoms with Crippen LogP contribution in [0.4, 0.5) is 4.39 Å². The minimum atomic E-state index is -0.194. The first-order valence-electron chi connectivity index (χ1n) is 13.1. The quantitative estimate of drug-likeness (QED) is 0.390. The first kappa shape index (κ1) is 26.1. The Labute approximate surface area is 215 Å². The standard InChI is InChI=1S/C31H38FN3O/c1-5-33(6-2)31(36)28-16-14-27(15-17-28)30(26-10-8-7-9-11-26)35-21-23(3)34(20-24(35)4)22-25-12-18-29(32)19-13-25/h7-19,23-24,30H,5-6,20-22H2,1-4H3. The fourth-order valence-electron chi connectivity index (χ4n) is 5.34. The van der Waals surface area contributed by atoms with E-state index in [0.717, 1.165) is 30.8 Å². The highest BCUT2D eigenvalue weighted by Crippen LogP contribution is 2.34. The molecule has 3 aromatic carbocycles. The Kier molecular flexibility index (Phi) is 8.55. The van der Waals surface area contributed by atoms with E-state index in [0.29, 0.717) is 25.2 Å². The molecule has 1 fully saturated rings. The van der Waals surface area contributed by atoms with E-state index in [9.17, 15) is 9.18 Å². The molecule has 0 saturated carbocycles. The maximum absolute atomic E-state index is 13.4. The number of hydrogen-bond acceptors (Lipinski definition) is 3. The summed E-state index contributed by atoms with van der Waals surface area (Å²) in [4.78, 5) is 19.8. The monoisotopic (exact) mass is 487 g/mol. The molecule has 0 N–H and O–H groups in total. The molecule has 0 spiro atoms. The first-order valence-corrected chi connectivity index (χ1v) is 13.1. The lowest BCUT2D eigenvalue weighted by atomic mass is 9.92. The third kappa shape index (κ3) is 5.85. The third-order valence-corrected chi connectivity index (χ3v) is 7.43. The lowest BCUT2D eigenvalue weighted by Crippen LogP contribution is -2.56. The van der Waals surface area contributed by atoms with Gasteiger partial charge in [0.15, 0.2) is 0 Å². The van der Waals surface area contributed by atoms with Crippen molar-refractivity contribution in [1.29, 1.82) is 0 Å². The van der Waals surface area contributed by atoms with Gasteiger partial charge < -0.3 is 4.90 Å². The molecule has 1 aliphatic rings. The molecular formula is C31H38FN3O. The molecule has 3 aromatic rings. The zero-order valence-electron chi connectivity index (χ0n) is 21.9. The summed E-state index contributed by atoms with van der Waals surface area (Å²) in [6, 6.07) is 26.5. The van der Waals surface area contributed by atoms with E-state index in [1.807, 2.05) is 43.0 Å². The summed E-state index contributed by atoms with van der Waals surface area (Å²) < 4.78 is 13.4. The average molecular weight is 488 g/mol. The van der Waals surface area contributed by atoms with E-state index < -0.39 is 0 Å². The first-order chi connectivity index (χ1) is 17.4. The minimum Gasteiger partial charge on any atom is -0.339 e. The van der Waals surface area contributed by atoms with Gasteiger partial charge in [-0.15, -0.1) is 0 Å². The predicted molar refractivity (Wildman–Crippen MR) is 144 cm³/mol. The van der Waals surface area contributed by atoms with E-state index in [1.165, 1.54) is 11.1 Å². The van der Waals surface area contributed by atoms with Gasteiger partial charge in [0.1, 0.15) is 5.82 Å². The zero-order chi connectivity index (χ0) is 25.7. The normalized spacial score (nSPS) is 19.7. The van der Waals surface area contributed by atoms with Gasteiger partial charge in [-0.25, -0.2) is 4.39 Å². The van der Waals surface area contributed by atoms with Crippen LogP contribution in [0.1, 0.15) is 60.8 Å². The van der Waals surface area contributed by atoms with Gasteiger partial charge in [0.2, 0.25) is 0 Å². The van der Waals surface area contributed by atoms with Crippen LogP contribution >= 0.6 is 0 Å². The molecule has 1 heterocycles. The number of piperazine rings is 1. The molecule has 36 heavy (non-hydrogen) atoms. The molecule has 0 radical (unpaired) electrons. The largest absolute Gasteiger partial charge is 0.339 e. The van der Waals surface area contributed by atoms with Gasteiger partial charge in [0, 0.05) is 50.4 Å². The SMILES string of the molecule is CCN(CC)C(=O)c1ccc(C(c2ccccc2)N2CC(C)N(Cc3ccc(F)cc3)CC2C)cc1. The number of amides is 1. The summed E-state index contributed by atoms with van der Waals surface area (Å²) in [5.41, 5.74) is 4.33. The fourth-order valence-corrected chi connectivity index (χ4v) is 5.34. The predicted octanol–water partition coefficient (Wildman–Crippen LogP) is 5.99. The molecule has 0 aromatic heterocycles. The number of carbonyl (C=O) groups excluding carboxylic acids is 1. The van der Waals surface area contributed by atoms with Gasteiger partial charge >= 0.3 is 0 Å². The van der Waals surface area contributed by atoms with Crippen molar-refractivity contribution in [3.05, 3.63) is 107 Å². The number of benzene rings is 3. The Hall–Kier alpha value is -3.02. The van der Waals surface area contributed by atoms with Crippen LogP contribution < -0.4 is 0 Å². The second kappa shape index (κ2) is 11.8. The van der Waals surface area contributed by atoms with E-state index in [1.54, 1.807) is 12.1 Å². The molecule has 4 nitrogen and oxygen atoms in total. The molecule has 0 bridgehead atoms. The highest BCUT2D eigenvalue weighted by Gasteiger charge is 2.34. The van der Waals surface area contributed by atoms with Crippen molar-refractivity contribution in [2.24, 2.45) is 0 Å². The molecule has 5 heteroatoms. The van der Waals surface area contributed by atoms with E-state index in [2.05, 4.69) is 66.1 Å². The van der Waals surface area contributed by atoms with Crippen molar-refractivity contribution in [1.82, 2.24) is 14.7 Å². The maximum atomic E-state index is 13.4. The number of rotatable bonds is 8. The van der Waals surface area contributed by atoms with Gasteiger partial charge in [0.05, 0.1) is 6.04 Å². The maximum Gasteiger partial charge on any atom is 0.253 e. The van der Waals surface area contributed by atoms with Crippen LogP contribution in [0, 0.1) is 5.82 Å². The Morgan fingerprint density at radius 2 is 1.47 bits per heavy atom. The van der Waals surface area contributed by atoms with Gasteiger partial charge in [-0.1, -0.05) is 54.6 Å². The molecule has 1 saturated heterocycles. The van der Waals surface area contributed by atoms with Crippen molar-refractivity contribution in [3.63, 3.8) is 0 Å². The molecular weight excluding hydrogens is 449 g/mol. The molecule has 0 aliphatic carbocycles. The van der Waals surface area contributed by atoms with E-state index in [4.69, 9.17) is 0 Å². The fraction of sp³-hybridized carbons (Fsp3) is 0.387. The summed E-state index contributed by atoms with van der Waals surface area (Å²) in [6.45, 7) is 12.7. The van der Waals surface area contributed by atoms with Gasteiger partial charge in [-0.3, -0.25) is 14.6 Å². The Balaban J connectivity index is 1.58.